The molecular formula is C14H18N4O2. The minimum atomic E-state index is -0.376. The van der Waals surface area contributed by atoms with E-state index in [1.807, 2.05) is 17.8 Å². The van der Waals surface area contributed by atoms with Crippen molar-refractivity contribution in [2.45, 2.75) is 33.4 Å². The number of benzene rings is 1. The lowest BCUT2D eigenvalue weighted by Gasteiger charge is -2.07. The van der Waals surface area contributed by atoms with Crippen LogP contribution in [0.2, 0.25) is 0 Å². The summed E-state index contributed by atoms with van der Waals surface area (Å²) in [7, 11) is 0. The maximum atomic E-state index is 11.0. The molecule has 1 aromatic heterocycles. The van der Waals surface area contributed by atoms with Crippen molar-refractivity contribution in [3.63, 3.8) is 0 Å². The molecular weight excluding hydrogens is 256 g/mol. The lowest BCUT2D eigenvalue weighted by molar-refractivity contribution is -0.384. The number of nitro groups is 1. The van der Waals surface area contributed by atoms with E-state index >= 15 is 0 Å². The Labute approximate surface area is 117 Å². The Bertz CT molecular complexity index is 619. The van der Waals surface area contributed by atoms with E-state index in [0.29, 0.717) is 18.3 Å². The molecule has 2 rings (SSSR count). The molecule has 0 bridgehead atoms. The van der Waals surface area contributed by atoms with E-state index in [2.05, 4.69) is 24.3 Å². The third-order valence-electron chi connectivity index (χ3n) is 3.02. The van der Waals surface area contributed by atoms with E-state index in [0.717, 1.165) is 11.1 Å². The van der Waals surface area contributed by atoms with Crippen molar-refractivity contribution >= 4 is 11.4 Å². The molecule has 0 unspecified atom stereocenters. The van der Waals surface area contributed by atoms with Gasteiger partial charge in [-0.15, -0.1) is 0 Å². The minimum absolute atomic E-state index is 0.0897. The van der Waals surface area contributed by atoms with Crippen molar-refractivity contribution in [3.05, 3.63) is 51.8 Å². The second-order valence-corrected chi connectivity index (χ2v) is 5.05. The molecule has 20 heavy (non-hydrogen) atoms. The predicted octanol–water partition coefficient (Wildman–Crippen LogP) is 3.29. The number of nitrogens with zero attached hydrogens (tertiary/aromatic N) is 3. The van der Waals surface area contributed by atoms with E-state index in [1.54, 1.807) is 18.3 Å². The number of aromatic nitrogens is 2. The van der Waals surface area contributed by atoms with Crippen molar-refractivity contribution in [3.8, 4) is 0 Å². The highest BCUT2D eigenvalue weighted by atomic mass is 16.6. The highest BCUT2D eigenvalue weighted by Crippen LogP contribution is 2.25. The minimum Gasteiger partial charge on any atom is -0.375 e. The molecule has 0 aliphatic carbocycles. The van der Waals surface area contributed by atoms with Gasteiger partial charge in [0, 0.05) is 30.4 Å². The van der Waals surface area contributed by atoms with Gasteiger partial charge in [-0.05, 0) is 32.4 Å². The van der Waals surface area contributed by atoms with E-state index in [-0.39, 0.29) is 10.6 Å². The van der Waals surface area contributed by atoms with Gasteiger partial charge in [0.2, 0.25) is 0 Å². The molecule has 0 radical (unpaired) electrons. The molecule has 0 atom stereocenters. The van der Waals surface area contributed by atoms with E-state index in [4.69, 9.17) is 0 Å². The third-order valence-corrected chi connectivity index (χ3v) is 3.02. The number of nitrogens with one attached hydrogen (secondary N) is 1. The van der Waals surface area contributed by atoms with Crippen LogP contribution in [-0.4, -0.2) is 14.7 Å². The summed E-state index contributed by atoms with van der Waals surface area (Å²) in [6.45, 7) is 6.52. The summed E-state index contributed by atoms with van der Waals surface area (Å²) in [4.78, 5) is 10.6. The predicted molar refractivity (Wildman–Crippen MR) is 77.8 cm³/mol. The number of hydrogen-bond donors (Lipinski definition) is 1. The van der Waals surface area contributed by atoms with Crippen LogP contribution in [0.3, 0.4) is 0 Å². The summed E-state index contributed by atoms with van der Waals surface area (Å²) in [5, 5.41) is 18.3. The summed E-state index contributed by atoms with van der Waals surface area (Å²) < 4.78 is 1.86. The van der Waals surface area contributed by atoms with Crippen molar-refractivity contribution in [2.75, 3.05) is 5.32 Å². The van der Waals surface area contributed by atoms with Crippen LogP contribution in [0.25, 0.3) is 0 Å². The standard InChI is InChI=1S/C14H18N4O2/c1-10(2)17-9-12(8-16-17)7-15-13-6-11(3)4-5-14(13)18(19)20/h4-6,8-10,15H,7H2,1-3H3. The average molecular weight is 274 g/mol. The van der Waals surface area contributed by atoms with Crippen LogP contribution in [0.15, 0.2) is 30.6 Å². The largest absolute Gasteiger partial charge is 0.375 e. The monoisotopic (exact) mass is 274 g/mol. The highest BCUT2D eigenvalue weighted by Gasteiger charge is 2.13. The normalized spacial score (nSPS) is 10.8. The lowest BCUT2D eigenvalue weighted by atomic mass is 10.2. The zero-order chi connectivity index (χ0) is 14.7. The number of rotatable bonds is 5. The Morgan fingerprint density at radius 3 is 2.80 bits per heavy atom. The third kappa shape index (κ3) is 3.14. The van der Waals surface area contributed by atoms with Crippen LogP contribution in [0, 0.1) is 17.0 Å². The molecule has 6 nitrogen and oxygen atoms in total. The van der Waals surface area contributed by atoms with Gasteiger partial charge in [0.15, 0.2) is 0 Å². The van der Waals surface area contributed by atoms with E-state index in [9.17, 15) is 10.1 Å². The fourth-order valence-electron chi connectivity index (χ4n) is 1.90. The Morgan fingerprint density at radius 1 is 1.45 bits per heavy atom. The quantitative estimate of drug-likeness (QED) is 0.670. The molecule has 0 amide bonds. The van der Waals surface area contributed by atoms with Gasteiger partial charge in [-0.1, -0.05) is 6.07 Å². The summed E-state index contributed by atoms with van der Waals surface area (Å²) in [5.74, 6) is 0. The second kappa shape index (κ2) is 5.73. The van der Waals surface area contributed by atoms with Crippen molar-refractivity contribution in [2.24, 2.45) is 0 Å². The SMILES string of the molecule is Cc1ccc([N+](=O)[O-])c(NCc2cnn(C(C)C)c2)c1. The van der Waals surface area contributed by atoms with Crippen LogP contribution in [-0.2, 0) is 6.54 Å². The second-order valence-electron chi connectivity index (χ2n) is 5.05. The van der Waals surface area contributed by atoms with Gasteiger partial charge in [0.05, 0.1) is 11.1 Å². The Hall–Kier alpha value is -2.37. The summed E-state index contributed by atoms with van der Waals surface area (Å²) in [5.41, 5.74) is 2.60. The highest BCUT2D eigenvalue weighted by molar-refractivity contribution is 5.62. The Morgan fingerprint density at radius 2 is 2.20 bits per heavy atom. The van der Waals surface area contributed by atoms with Gasteiger partial charge >= 0.3 is 0 Å². The van der Waals surface area contributed by atoms with Crippen LogP contribution in [0.4, 0.5) is 11.4 Å². The summed E-state index contributed by atoms with van der Waals surface area (Å²) >= 11 is 0. The molecule has 1 N–H and O–H groups in total. The molecule has 0 saturated carbocycles. The zero-order valence-corrected chi connectivity index (χ0v) is 11.8. The van der Waals surface area contributed by atoms with Crippen molar-refractivity contribution in [1.82, 2.24) is 9.78 Å². The Kier molecular flexibility index (Phi) is 4.02. The van der Waals surface area contributed by atoms with Gasteiger partial charge in [0.25, 0.3) is 5.69 Å². The number of anilines is 1. The molecule has 6 heteroatoms. The molecule has 0 fully saturated rings. The van der Waals surface area contributed by atoms with Crippen LogP contribution < -0.4 is 5.32 Å². The summed E-state index contributed by atoms with van der Waals surface area (Å²) in [6, 6.07) is 5.34. The van der Waals surface area contributed by atoms with Gasteiger partial charge < -0.3 is 5.32 Å². The van der Waals surface area contributed by atoms with Crippen LogP contribution in [0.5, 0.6) is 0 Å². The first-order valence-corrected chi connectivity index (χ1v) is 6.49. The maximum absolute atomic E-state index is 11.0. The molecule has 0 aliphatic rings. The molecule has 2 aromatic rings. The van der Waals surface area contributed by atoms with Gasteiger partial charge in [-0.2, -0.15) is 5.10 Å². The topological polar surface area (TPSA) is 73.0 Å². The van der Waals surface area contributed by atoms with Gasteiger partial charge in [0.1, 0.15) is 5.69 Å². The number of aryl methyl sites for hydroxylation is 1. The average Bonchev–Trinajstić information content (AvgIpc) is 2.85. The van der Waals surface area contributed by atoms with Gasteiger partial charge in [-0.25, -0.2) is 0 Å². The fourth-order valence-corrected chi connectivity index (χ4v) is 1.90. The first-order chi connectivity index (χ1) is 9.47. The first-order valence-electron chi connectivity index (χ1n) is 6.49. The van der Waals surface area contributed by atoms with Crippen molar-refractivity contribution in [1.29, 1.82) is 0 Å². The van der Waals surface area contributed by atoms with Crippen LogP contribution in [0.1, 0.15) is 31.0 Å². The summed E-state index contributed by atoms with van der Waals surface area (Å²) in [6.07, 6.45) is 3.72. The van der Waals surface area contributed by atoms with Crippen molar-refractivity contribution < 1.29 is 4.92 Å². The first kappa shape index (κ1) is 14.0. The van der Waals surface area contributed by atoms with Gasteiger partial charge in [-0.3, -0.25) is 14.8 Å². The molecule has 106 valence electrons. The van der Waals surface area contributed by atoms with E-state index in [1.165, 1.54) is 6.07 Å². The fraction of sp³-hybridized carbons (Fsp3) is 0.357. The zero-order valence-electron chi connectivity index (χ0n) is 11.8. The smallest absolute Gasteiger partial charge is 0.292 e. The molecule has 0 spiro atoms. The van der Waals surface area contributed by atoms with E-state index < -0.39 is 0 Å². The molecule has 0 aliphatic heterocycles. The molecule has 1 aromatic carbocycles. The number of nitro benzene ring substituents is 1. The maximum Gasteiger partial charge on any atom is 0.292 e. The Balaban J connectivity index is 2.13. The number of hydrogen-bond acceptors (Lipinski definition) is 4. The molecule has 1 heterocycles. The lowest BCUT2D eigenvalue weighted by Crippen LogP contribution is -2.03. The van der Waals surface area contributed by atoms with Crippen LogP contribution >= 0.6 is 0 Å². The molecule has 0 saturated heterocycles.